The smallest absolute Gasteiger partial charge is 0.175 e. The van der Waals surface area contributed by atoms with Gasteiger partial charge in [-0.05, 0) is 54.6 Å². The van der Waals surface area contributed by atoms with Gasteiger partial charge in [0.25, 0.3) is 0 Å². The Morgan fingerprint density at radius 3 is 1.95 bits per heavy atom. The summed E-state index contributed by atoms with van der Waals surface area (Å²) in [7, 11) is -3.08. The first-order valence-electron chi connectivity index (χ1n) is 13.3. The number of nitrogens with zero attached hydrogens (tertiary/aromatic N) is 3. The third-order valence-electron chi connectivity index (χ3n) is 7.87. The second kappa shape index (κ2) is 8.81. The Bertz CT molecular complexity index is 2010. The first kappa shape index (κ1) is 23.0. The van der Waals surface area contributed by atoms with Crippen molar-refractivity contribution >= 4 is 61.9 Å². The number of aromatic nitrogens is 2. The Hall–Kier alpha value is -4.92. The van der Waals surface area contributed by atoms with Gasteiger partial charge >= 0.3 is 0 Å². The second-order valence-corrected chi connectivity index (χ2v) is 12.7. The maximum atomic E-state index is 15.2. The van der Waals surface area contributed by atoms with Crippen LogP contribution in [0.4, 0.5) is 17.1 Å². The monoisotopic (exact) mass is 533 g/mol. The molecule has 0 amide bonds. The molecule has 1 aliphatic rings. The molecule has 0 radical (unpaired) electrons. The molecule has 0 saturated carbocycles. The molecule has 0 atom stereocenters. The van der Waals surface area contributed by atoms with Gasteiger partial charge in [-0.3, -0.25) is 4.98 Å². The van der Waals surface area contributed by atoms with E-state index in [4.69, 9.17) is 0 Å². The minimum atomic E-state index is -3.08. The highest BCUT2D eigenvalue weighted by Crippen LogP contribution is 2.54. The van der Waals surface area contributed by atoms with Crippen LogP contribution in [0, 0.1) is 0 Å². The van der Waals surface area contributed by atoms with Crippen LogP contribution in [0.15, 0.2) is 146 Å². The third-order valence-corrected chi connectivity index (χ3v) is 11.0. The fraction of sp³-hybridized carbons (Fsp3) is 0. The van der Waals surface area contributed by atoms with E-state index in [-0.39, 0.29) is 0 Å². The maximum Gasteiger partial charge on any atom is 0.175 e. The number of pyridine rings is 1. The van der Waals surface area contributed by atoms with Crippen LogP contribution < -0.4 is 20.8 Å². The zero-order chi connectivity index (χ0) is 26.7. The minimum Gasteiger partial charge on any atom is -0.309 e. The largest absolute Gasteiger partial charge is 0.309 e. The van der Waals surface area contributed by atoms with Gasteiger partial charge in [-0.25, -0.2) is 0 Å². The van der Waals surface area contributed by atoms with Crippen LogP contribution >= 0.6 is 7.14 Å². The van der Waals surface area contributed by atoms with E-state index >= 15 is 4.57 Å². The second-order valence-electron chi connectivity index (χ2n) is 10.0. The molecule has 190 valence electrons. The lowest BCUT2D eigenvalue weighted by Crippen LogP contribution is -2.36. The zero-order valence-corrected chi connectivity index (χ0v) is 22.4. The lowest BCUT2D eigenvalue weighted by atomic mass is 10.1. The van der Waals surface area contributed by atoms with Crippen molar-refractivity contribution in [3.63, 3.8) is 0 Å². The van der Waals surface area contributed by atoms with Gasteiger partial charge < -0.3 is 14.0 Å². The molecule has 40 heavy (non-hydrogen) atoms. The Labute approximate surface area is 232 Å². The van der Waals surface area contributed by atoms with Crippen molar-refractivity contribution in [2.45, 2.75) is 0 Å². The van der Waals surface area contributed by atoms with Crippen molar-refractivity contribution in [1.82, 2.24) is 9.55 Å². The average molecular weight is 534 g/mol. The molecule has 0 N–H and O–H groups in total. The fourth-order valence-corrected chi connectivity index (χ4v) is 9.15. The molecule has 0 unspecified atom stereocenters. The molecule has 1 aliphatic heterocycles. The van der Waals surface area contributed by atoms with Gasteiger partial charge in [0.2, 0.25) is 0 Å². The summed E-state index contributed by atoms with van der Waals surface area (Å²) in [6.07, 6.45) is 3.78. The SMILES string of the molecule is O=P1(c2ccccc2)c2ccccc2N(c2cccc(-n3c4ccccc4c4ccncc43)c2)c2ccccc21. The zero-order valence-electron chi connectivity index (χ0n) is 21.6. The van der Waals surface area contributed by atoms with Crippen molar-refractivity contribution in [2.24, 2.45) is 0 Å². The van der Waals surface area contributed by atoms with Crippen LogP contribution in [0.2, 0.25) is 0 Å². The fourth-order valence-electron chi connectivity index (χ4n) is 6.16. The molecule has 8 rings (SSSR count). The van der Waals surface area contributed by atoms with Crippen LogP contribution in [0.1, 0.15) is 0 Å². The highest BCUT2D eigenvalue weighted by atomic mass is 31.2. The summed E-state index contributed by atoms with van der Waals surface area (Å²) in [6.45, 7) is 0. The number of rotatable bonds is 3. The van der Waals surface area contributed by atoms with Crippen LogP contribution in [0.3, 0.4) is 0 Å². The first-order chi connectivity index (χ1) is 19.7. The molecule has 0 spiro atoms. The van der Waals surface area contributed by atoms with E-state index in [1.54, 1.807) is 0 Å². The number of fused-ring (bicyclic) bond motifs is 5. The predicted octanol–water partition coefficient (Wildman–Crippen LogP) is 7.60. The summed E-state index contributed by atoms with van der Waals surface area (Å²) in [5.74, 6) is 0. The van der Waals surface area contributed by atoms with E-state index in [9.17, 15) is 0 Å². The first-order valence-corrected chi connectivity index (χ1v) is 15.0. The van der Waals surface area contributed by atoms with Crippen molar-refractivity contribution < 1.29 is 4.57 Å². The topological polar surface area (TPSA) is 38.1 Å². The van der Waals surface area contributed by atoms with Gasteiger partial charge in [0.1, 0.15) is 0 Å². The highest BCUT2D eigenvalue weighted by molar-refractivity contribution is 7.86. The molecule has 5 heteroatoms. The Morgan fingerprint density at radius 1 is 0.550 bits per heavy atom. The molecule has 5 aromatic carbocycles. The Morgan fingerprint density at radius 2 is 1.18 bits per heavy atom. The highest BCUT2D eigenvalue weighted by Gasteiger charge is 2.40. The number of hydrogen-bond donors (Lipinski definition) is 0. The van der Waals surface area contributed by atoms with Crippen molar-refractivity contribution in [3.05, 3.63) is 146 Å². The van der Waals surface area contributed by atoms with Gasteiger partial charge in [0.15, 0.2) is 7.14 Å². The standard InChI is InChI=1S/C35H24N3OP/c39-40(27-13-2-1-3-14-27)34-19-8-6-17-31(34)38(32-18-7-9-20-35(32)40)26-12-10-11-25(23-26)37-30-16-5-4-15-28(30)29-21-22-36-24-33(29)37/h1-24H. The van der Waals surface area contributed by atoms with Crippen LogP contribution in [-0.2, 0) is 4.57 Å². The molecule has 0 bridgehead atoms. The third kappa shape index (κ3) is 3.20. The molecule has 0 aliphatic carbocycles. The van der Waals surface area contributed by atoms with Crippen LogP contribution in [0.25, 0.3) is 27.5 Å². The van der Waals surface area contributed by atoms with Gasteiger partial charge in [0.05, 0.1) is 28.6 Å². The van der Waals surface area contributed by atoms with E-state index in [1.807, 2.05) is 79.1 Å². The lowest BCUT2D eigenvalue weighted by Gasteiger charge is -2.38. The number of benzene rings is 5. The molecular weight excluding hydrogens is 509 g/mol. The predicted molar refractivity (Wildman–Crippen MR) is 166 cm³/mol. The van der Waals surface area contributed by atoms with E-state index < -0.39 is 7.14 Å². The van der Waals surface area contributed by atoms with Gasteiger partial charge in [-0.1, -0.05) is 78.9 Å². The van der Waals surface area contributed by atoms with Crippen molar-refractivity contribution in [2.75, 3.05) is 4.90 Å². The summed E-state index contributed by atoms with van der Waals surface area (Å²) in [4.78, 5) is 6.70. The van der Waals surface area contributed by atoms with Crippen molar-refractivity contribution in [3.8, 4) is 5.69 Å². The van der Waals surface area contributed by atoms with Gasteiger partial charge in [-0.15, -0.1) is 0 Å². The molecule has 3 heterocycles. The van der Waals surface area contributed by atoms with Gasteiger partial charge in [0, 0.05) is 44.3 Å². The van der Waals surface area contributed by atoms with E-state index in [0.29, 0.717) is 0 Å². The molecular formula is C35H24N3OP. The summed E-state index contributed by atoms with van der Waals surface area (Å²) < 4.78 is 17.4. The molecule has 2 aromatic heterocycles. The number of anilines is 3. The summed E-state index contributed by atoms with van der Waals surface area (Å²) >= 11 is 0. The van der Waals surface area contributed by atoms with E-state index in [1.165, 1.54) is 10.8 Å². The van der Waals surface area contributed by atoms with Crippen molar-refractivity contribution in [1.29, 1.82) is 0 Å². The van der Waals surface area contributed by atoms with E-state index in [2.05, 4.69) is 81.2 Å². The Balaban J connectivity index is 1.38. The molecule has 7 aromatic rings. The van der Waals surface area contributed by atoms with E-state index in [0.717, 1.165) is 49.7 Å². The summed E-state index contributed by atoms with van der Waals surface area (Å²) in [5.41, 5.74) is 6.13. The van der Waals surface area contributed by atoms with Crippen LogP contribution in [0.5, 0.6) is 0 Å². The quantitative estimate of drug-likeness (QED) is 0.220. The van der Waals surface area contributed by atoms with Crippen LogP contribution in [-0.4, -0.2) is 9.55 Å². The van der Waals surface area contributed by atoms with Gasteiger partial charge in [-0.2, -0.15) is 0 Å². The Kier molecular flexibility index (Phi) is 5.07. The average Bonchev–Trinajstić information content (AvgIpc) is 3.36. The number of hydrogen-bond acceptors (Lipinski definition) is 3. The normalized spacial score (nSPS) is 13.8. The summed E-state index contributed by atoms with van der Waals surface area (Å²) in [6, 6.07) is 45.2. The minimum absolute atomic E-state index is 0.848. The molecule has 0 fully saturated rings. The number of para-hydroxylation sites is 3. The molecule has 0 saturated heterocycles. The maximum absolute atomic E-state index is 15.2. The summed E-state index contributed by atoms with van der Waals surface area (Å²) in [5, 5.41) is 4.93. The lowest BCUT2D eigenvalue weighted by molar-refractivity contribution is 0.592. The molecule has 4 nitrogen and oxygen atoms in total.